The fraction of sp³-hybridized carbons (Fsp3) is 0.273. The van der Waals surface area contributed by atoms with Crippen LogP contribution in [0.25, 0.3) is 10.9 Å². The molecule has 0 spiro atoms. The molecule has 2 aromatic rings. The van der Waals surface area contributed by atoms with E-state index in [0.717, 1.165) is 13.1 Å². The van der Waals surface area contributed by atoms with E-state index in [1.807, 2.05) is 7.05 Å². The molecule has 1 aromatic carbocycles. The number of benzene rings is 1. The van der Waals surface area contributed by atoms with Gasteiger partial charge in [-0.15, -0.1) is 12.4 Å². The summed E-state index contributed by atoms with van der Waals surface area (Å²) in [5.74, 6) is 0. The van der Waals surface area contributed by atoms with Crippen LogP contribution in [0.4, 0.5) is 0 Å². The van der Waals surface area contributed by atoms with Gasteiger partial charge in [0.15, 0.2) is 0 Å². The Morgan fingerprint density at radius 1 is 1.21 bits per heavy atom. The van der Waals surface area contributed by atoms with Crippen molar-refractivity contribution in [3.05, 3.63) is 36.5 Å². The highest BCUT2D eigenvalue weighted by Crippen LogP contribution is 2.14. The summed E-state index contributed by atoms with van der Waals surface area (Å²) in [6.45, 7) is 2.04. The minimum absolute atomic E-state index is 0. The van der Waals surface area contributed by atoms with E-state index in [4.69, 9.17) is 0 Å². The first-order chi connectivity index (χ1) is 6.42. The lowest BCUT2D eigenvalue weighted by Gasteiger charge is -2.03. The van der Waals surface area contributed by atoms with E-state index in [9.17, 15) is 0 Å². The average molecular weight is 211 g/mol. The number of likely N-dealkylation sites (N-methyl/N-ethyl adjacent to an activating group) is 1. The van der Waals surface area contributed by atoms with Crippen LogP contribution in [-0.2, 0) is 6.54 Å². The molecule has 0 aliphatic carbocycles. The van der Waals surface area contributed by atoms with Crippen molar-refractivity contribution < 1.29 is 0 Å². The van der Waals surface area contributed by atoms with E-state index < -0.39 is 0 Å². The zero-order chi connectivity index (χ0) is 9.10. The second kappa shape index (κ2) is 5.03. The maximum atomic E-state index is 3.15. The molecule has 0 atom stereocenters. The predicted molar refractivity (Wildman–Crippen MR) is 63.1 cm³/mol. The smallest absolute Gasteiger partial charge is 0.0480 e. The number of hydrogen-bond acceptors (Lipinski definition) is 1. The fourth-order valence-electron chi connectivity index (χ4n) is 1.57. The fourth-order valence-corrected chi connectivity index (χ4v) is 1.57. The van der Waals surface area contributed by atoms with Gasteiger partial charge in [0.05, 0.1) is 0 Å². The number of nitrogens with one attached hydrogen (secondary N) is 1. The summed E-state index contributed by atoms with van der Waals surface area (Å²) in [5.41, 5.74) is 1.32. The molecule has 0 aliphatic rings. The van der Waals surface area contributed by atoms with Gasteiger partial charge in [-0.2, -0.15) is 0 Å². The van der Waals surface area contributed by atoms with Crippen molar-refractivity contribution in [1.29, 1.82) is 0 Å². The Balaban J connectivity index is 0.000000980. The van der Waals surface area contributed by atoms with Gasteiger partial charge in [0.25, 0.3) is 0 Å². The van der Waals surface area contributed by atoms with Crippen molar-refractivity contribution in [2.75, 3.05) is 13.6 Å². The van der Waals surface area contributed by atoms with Crippen molar-refractivity contribution in [2.24, 2.45) is 0 Å². The number of nitrogens with zero attached hydrogens (tertiary/aromatic N) is 1. The monoisotopic (exact) mass is 210 g/mol. The summed E-state index contributed by atoms with van der Waals surface area (Å²) < 4.78 is 2.27. The molecular weight excluding hydrogens is 196 g/mol. The Kier molecular flexibility index (Phi) is 3.98. The molecule has 1 N–H and O–H groups in total. The van der Waals surface area contributed by atoms with Crippen LogP contribution < -0.4 is 5.32 Å². The van der Waals surface area contributed by atoms with Crippen LogP contribution in [0.2, 0.25) is 0 Å². The van der Waals surface area contributed by atoms with E-state index >= 15 is 0 Å². The average Bonchev–Trinajstić information content (AvgIpc) is 2.58. The lowest BCUT2D eigenvalue weighted by atomic mass is 10.2. The molecule has 1 aromatic heterocycles. The van der Waals surface area contributed by atoms with Crippen LogP contribution in [0.15, 0.2) is 36.5 Å². The maximum absolute atomic E-state index is 3.15. The van der Waals surface area contributed by atoms with Gasteiger partial charge in [0, 0.05) is 24.8 Å². The third-order valence-corrected chi connectivity index (χ3v) is 2.28. The van der Waals surface area contributed by atoms with Crippen LogP contribution in [-0.4, -0.2) is 18.2 Å². The molecule has 0 saturated heterocycles. The first kappa shape index (κ1) is 11.1. The van der Waals surface area contributed by atoms with Gasteiger partial charge in [-0.1, -0.05) is 18.2 Å². The van der Waals surface area contributed by atoms with Crippen LogP contribution in [0.3, 0.4) is 0 Å². The van der Waals surface area contributed by atoms with Crippen LogP contribution in [0.1, 0.15) is 0 Å². The number of rotatable bonds is 3. The molecule has 0 saturated carbocycles. The third-order valence-electron chi connectivity index (χ3n) is 2.28. The number of fused-ring (bicyclic) bond motifs is 1. The van der Waals surface area contributed by atoms with Gasteiger partial charge in [-0.25, -0.2) is 0 Å². The minimum atomic E-state index is 0. The van der Waals surface area contributed by atoms with Crippen LogP contribution in [0.5, 0.6) is 0 Å². The first-order valence-corrected chi connectivity index (χ1v) is 4.60. The van der Waals surface area contributed by atoms with E-state index in [0.29, 0.717) is 0 Å². The zero-order valence-corrected chi connectivity index (χ0v) is 9.05. The van der Waals surface area contributed by atoms with Crippen molar-refractivity contribution in [1.82, 2.24) is 9.88 Å². The molecule has 1 heterocycles. The van der Waals surface area contributed by atoms with Crippen molar-refractivity contribution in [3.8, 4) is 0 Å². The Bertz CT molecular complexity index is 395. The van der Waals surface area contributed by atoms with Crippen LogP contribution >= 0.6 is 12.4 Å². The van der Waals surface area contributed by atoms with E-state index in [1.165, 1.54) is 10.9 Å². The molecule has 0 aliphatic heterocycles. The normalized spacial score (nSPS) is 10.1. The summed E-state index contributed by atoms with van der Waals surface area (Å²) in [4.78, 5) is 0. The number of para-hydroxylation sites is 1. The molecule has 14 heavy (non-hydrogen) atoms. The Morgan fingerprint density at radius 2 is 2.00 bits per heavy atom. The molecule has 2 rings (SSSR count). The quantitative estimate of drug-likeness (QED) is 0.823. The van der Waals surface area contributed by atoms with E-state index in [2.05, 4.69) is 46.4 Å². The Labute approximate surface area is 90.3 Å². The van der Waals surface area contributed by atoms with Gasteiger partial charge in [0.2, 0.25) is 0 Å². The lowest BCUT2D eigenvalue weighted by Crippen LogP contribution is -2.14. The first-order valence-electron chi connectivity index (χ1n) is 4.60. The topological polar surface area (TPSA) is 17.0 Å². The number of aromatic nitrogens is 1. The molecule has 76 valence electrons. The number of hydrogen-bond donors (Lipinski definition) is 1. The van der Waals surface area contributed by atoms with Gasteiger partial charge in [0.1, 0.15) is 0 Å². The summed E-state index contributed by atoms with van der Waals surface area (Å²) >= 11 is 0. The Hall–Kier alpha value is -0.990. The summed E-state index contributed by atoms with van der Waals surface area (Å²) in [5, 5.41) is 4.47. The second-order valence-corrected chi connectivity index (χ2v) is 3.17. The molecular formula is C11H15ClN2. The molecule has 2 nitrogen and oxygen atoms in total. The maximum Gasteiger partial charge on any atom is 0.0480 e. The minimum Gasteiger partial charge on any atom is -0.346 e. The van der Waals surface area contributed by atoms with E-state index in [-0.39, 0.29) is 12.4 Å². The standard InChI is InChI=1S/C11H14N2.ClH/c1-12-7-9-13-8-6-10-4-2-3-5-11(10)13;/h2-6,8,12H,7,9H2,1H3;1H. The van der Waals surface area contributed by atoms with E-state index in [1.54, 1.807) is 0 Å². The summed E-state index contributed by atoms with van der Waals surface area (Å²) in [7, 11) is 1.98. The molecule has 3 heteroatoms. The third kappa shape index (κ3) is 2.08. The molecule has 0 unspecified atom stereocenters. The summed E-state index contributed by atoms with van der Waals surface area (Å²) in [6, 6.07) is 10.6. The summed E-state index contributed by atoms with van der Waals surface area (Å²) in [6.07, 6.45) is 2.14. The van der Waals surface area contributed by atoms with Crippen molar-refractivity contribution >= 4 is 23.3 Å². The second-order valence-electron chi connectivity index (χ2n) is 3.17. The van der Waals surface area contributed by atoms with Crippen LogP contribution in [0, 0.1) is 0 Å². The molecule has 0 amide bonds. The van der Waals surface area contributed by atoms with Gasteiger partial charge < -0.3 is 9.88 Å². The van der Waals surface area contributed by atoms with Gasteiger partial charge in [-0.05, 0) is 24.6 Å². The highest BCUT2D eigenvalue weighted by atomic mass is 35.5. The zero-order valence-electron chi connectivity index (χ0n) is 8.23. The highest BCUT2D eigenvalue weighted by Gasteiger charge is 1.97. The SMILES string of the molecule is CNCCn1ccc2ccccc21.Cl. The highest BCUT2D eigenvalue weighted by molar-refractivity contribution is 5.85. The predicted octanol–water partition coefficient (Wildman–Crippen LogP) is 2.28. The van der Waals surface area contributed by atoms with Gasteiger partial charge >= 0.3 is 0 Å². The van der Waals surface area contributed by atoms with Crippen molar-refractivity contribution in [3.63, 3.8) is 0 Å². The lowest BCUT2D eigenvalue weighted by molar-refractivity contribution is 0.662. The molecule has 0 radical (unpaired) electrons. The van der Waals surface area contributed by atoms with Gasteiger partial charge in [-0.3, -0.25) is 0 Å². The van der Waals surface area contributed by atoms with Crippen molar-refractivity contribution in [2.45, 2.75) is 6.54 Å². The molecule has 0 fully saturated rings. The molecule has 0 bridgehead atoms. The number of halogens is 1. The Morgan fingerprint density at radius 3 is 2.79 bits per heavy atom. The largest absolute Gasteiger partial charge is 0.346 e.